The van der Waals surface area contributed by atoms with E-state index in [1.54, 1.807) is 7.11 Å². The van der Waals surface area contributed by atoms with Crippen molar-refractivity contribution in [2.45, 2.75) is 32.6 Å². The van der Waals surface area contributed by atoms with Crippen LogP contribution in [0.25, 0.3) is 0 Å². The zero-order valence-corrected chi connectivity index (χ0v) is 12.5. The minimum atomic E-state index is 0.557. The van der Waals surface area contributed by atoms with Crippen molar-refractivity contribution in [3.05, 3.63) is 29.8 Å². The summed E-state index contributed by atoms with van der Waals surface area (Å²) in [4.78, 5) is 0. The maximum atomic E-state index is 5.90. The molecule has 2 N–H and O–H groups in total. The molecule has 3 heteroatoms. The highest BCUT2D eigenvalue weighted by Crippen LogP contribution is 2.28. The molecule has 0 unspecified atom stereocenters. The molecule has 0 aromatic heterocycles. The van der Waals surface area contributed by atoms with Crippen LogP contribution in [0.5, 0.6) is 5.75 Å². The van der Waals surface area contributed by atoms with Crippen molar-refractivity contribution in [3.63, 3.8) is 0 Å². The van der Waals surface area contributed by atoms with Crippen molar-refractivity contribution in [3.8, 4) is 5.75 Å². The van der Waals surface area contributed by atoms with Crippen LogP contribution in [-0.2, 0) is 4.74 Å². The van der Waals surface area contributed by atoms with Crippen LogP contribution in [0.15, 0.2) is 24.3 Å². The molecule has 19 heavy (non-hydrogen) atoms. The number of benzene rings is 1. The fraction of sp³-hybridized carbons (Fsp3) is 0.625. The average Bonchev–Trinajstić information content (AvgIpc) is 2.46. The van der Waals surface area contributed by atoms with Crippen molar-refractivity contribution in [1.82, 2.24) is 0 Å². The van der Waals surface area contributed by atoms with Gasteiger partial charge in [0, 0.05) is 13.5 Å². The highest BCUT2D eigenvalue weighted by Gasteiger charge is 2.09. The smallest absolute Gasteiger partial charge is 0.137 e. The van der Waals surface area contributed by atoms with Gasteiger partial charge in [-0.05, 0) is 24.0 Å². The van der Waals surface area contributed by atoms with Crippen LogP contribution in [0, 0.1) is 0 Å². The van der Waals surface area contributed by atoms with Gasteiger partial charge in [-0.25, -0.2) is 0 Å². The highest BCUT2D eigenvalue weighted by molar-refractivity contribution is 5.35. The second kappa shape index (κ2) is 9.82. The minimum absolute atomic E-state index is 0.557. The Balaban J connectivity index is 2.29. The van der Waals surface area contributed by atoms with Crippen LogP contribution in [0.4, 0.5) is 0 Å². The summed E-state index contributed by atoms with van der Waals surface area (Å²) < 4.78 is 10.9. The first-order chi connectivity index (χ1) is 9.29. The molecule has 0 heterocycles. The zero-order chi connectivity index (χ0) is 13.9. The molecule has 0 saturated carbocycles. The lowest BCUT2D eigenvalue weighted by Gasteiger charge is -2.15. The van der Waals surface area contributed by atoms with Crippen LogP contribution >= 0.6 is 0 Å². The third-order valence-electron chi connectivity index (χ3n) is 3.40. The van der Waals surface area contributed by atoms with Crippen molar-refractivity contribution >= 4 is 0 Å². The summed E-state index contributed by atoms with van der Waals surface area (Å²) in [7, 11) is 1.74. The van der Waals surface area contributed by atoms with Gasteiger partial charge < -0.3 is 14.8 Å². The molecular weight excluding hydrogens is 238 g/mol. The standard InChI is InChI=1S/C16H27NO2/c1-4-14(2)15-8-5-6-9-16(15)19-13-11-17-10-7-12-18-3/h5-6,8-9,14,17H,4,7,10-13H2,1-3H3/p+1/t14-/m0/s1. The van der Waals surface area contributed by atoms with Crippen molar-refractivity contribution < 1.29 is 14.8 Å². The summed E-state index contributed by atoms with van der Waals surface area (Å²) in [6.45, 7) is 8.17. The number of para-hydroxylation sites is 1. The van der Waals surface area contributed by atoms with Crippen molar-refractivity contribution in [2.24, 2.45) is 0 Å². The van der Waals surface area contributed by atoms with E-state index in [0.717, 1.165) is 44.9 Å². The molecule has 0 amide bonds. The van der Waals surface area contributed by atoms with Gasteiger partial charge in [-0.3, -0.25) is 0 Å². The van der Waals surface area contributed by atoms with E-state index in [-0.39, 0.29) is 0 Å². The van der Waals surface area contributed by atoms with E-state index in [4.69, 9.17) is 9.47 Å². The number of ether oxygens (including phenoxy) is 2. The molecule has 3 nitrogen and oxygen atoms in total. The molecule has 0 aliphatic carbocycles. The topological polar surface area (TPSA) is 35.1 Å². The van der Waals surface area contributed by atoms with Crippen LogP contribution in [0.1, 0.15) is 38.2 Å². The molecule has 0 spiro atoms. The molecule has 1 rings (SSSR count). The molecule has 1 aromatic carbocycles. The molecule has 0 aliphatic heterocycles. The number of hydrogen-bond donors (Lipinski definition) is 1. The number of quaternary nitrogens is 1. The third kappa shape index (κ3) is 6.08. The maximum Gasteiger partial charge on any atom is 0.137 e. The van der Waals surface area contributed by atoms with Gasteiger partial charge in [-0.1, -0.05) is 32.0 Å². The van der Waals surface area contributed by atoms with Gasteiger partial charge in [-0.2, -0.15) is 0 Å². The third-order valence-corrected chi connectivity index (χ3v) is 3.40. The summed E-state index contributed by atoms with van der Waals surface area (Å²) >= 11 is 0. The van der Waals surface area contributed by atoms with Crippen molar-refractivity contribution in [1.29, 1.82) is 0 Å². The lowest BCUT2D eigenvalue weighted by Crippen LogP contribution is -2.85. The zero-order valence-electron chi connectivity index (χ0n) is 12.5. The quantitative estimate of drug-likeness (QED) is 0.659. The molecule has 0 radical (unpaired) electrons. The Bertz CT molecular complexity index is 341. The number of rotatable bonds is 10. The van der Waals surface area contributed by atoms with Gasteiger partial charge in [0.15, 0.2) is 0 Å². The SMILES string of the molecule is CC[C@H](C)c1ccccc1OCC[NH2+]CCCOC. The Morgan fingerprint density at radius 2 is 1.95 bits per heavy atom. The van der Waals surface area contributed by atoms with Gasteiger partial charge in [-0.15, -0.1) is 0 Å². The molecular formula is C16H28NO2+. The minimum Gasteiger partial charge on any atom is -0.487 e. The Morgan fingerprint density at radius 3 is 2.68 bits per heavy atom. The predicted molar refractivity (Wildman–Crippen MR) is 78.8 cm³/mol. The van der Waals surface area contributed by atoms with Crippen LogP contribution < -0.4 is 10.1 Å². The Morgan fingerprint density at radius 1 is 1.16 bits per heavy atom. The summed E-state index contributed by atoms with van der Waals surface area (Å²) in [5, 5.41) is 2.28. The maximum absolute atomic E-state index is 5.90. The summed E-state index contributed by atoms with van der Waals surface area (Å²) in [5.74, 6) is 1.60. The van der Waals surface area contributed by atoms with E-state index >= 15 is 0 Å². The summed E-state index contributed by atoms with van der Waals surface area (Å²) in [5.41, 5.74) is 1.32. The van der Waals surface area contributed by atoms with E-state index in [1.165, 1.54) is 5.56 Å². The molecule has 0 bridgehead atoms. The fourth-order valence-electron chi connectivity index (χ4n) is 2.01. The Labute approximate surface area is 117 Å². The number of hydrogen-bond acceptors (Lipinski definition) is 2. The second-order valence-corrected chi connectivity index (χ2v) is 4.91. The van der Waals surface area contributed by atoms with Gasteiger partial charge in [0.25, 0.3) is 0 Å². The van der Waals surface area contributed by atoms with E-state index in [2.05, 4.69) is 37.4 Å². The first kappa shape index (κ1) is 16.0. The fourth-order valence-corrected chi connectivity index (χ4v) is 2.01. The summed E-state index contributed by atoms with van der Waals surface area (Å²) in [6, 6.07) is 8.38. The Kier molecular flexibility index (Phi) is 8.26. The number of nitrogens with two attached hydrogens (primary N) is 1. The van der Waals surface area contributed by atoms with Crippen molar-refractivity contribution in [2.75, 3.05) is 33.4 Å². The van der Waals surface area contributed by atoms with Gasteiger partial charge >= 0.3 is 0 Å². The first-order valence-electron chi connectivity index (χ1n) is 7.31. The van der Waals surface area contributed by atoms with Gasteiger partial charge in [0.1, 0.15) is 18.9 Å². The monoisotopic (exact) mass is 266 g/mol. The largest absolute Gasteiger partial charge is 0.487 e. The molecule has 0 aliphatic rings. The van der Waals surface area contributed by atoms with E-state index < -0.39 is 0 Å². The normalized spacial score (nSPS) is 12.4. The molecule has 1 atom stereocenters. The van der Waals surface area contributed by atoms with Gasteiger partial charge in [0.05, 0.1) is 13.2 Å². The lowest BCUT2D eigenvalue weighted by atomic mass is 9.98. The summed E-state index contributed by atoms with van der Waals surface area (Å²) in [6.07, 6.45) is 2.24. The molecule has 108 valence electrons. The molecule has 0 saturated heterocycles. The van der Waals surface area contributed by atoms with E-state index in [9.17, 15) is 0 Å². The van der Waals surface area contributed by atoms with Gasteiger partial charge in [0.2, 0.25) is 0 Å². The second-order valence-electron chi connectivity index (χ2n) is 4.91. The first-order valence-corrected chi connectivity index (χ1v) is 7.31. The molecule has 0 fully saturated rings. The number of methoxy groups -OCH3 is 1. The van der Waals surface area contributed by atoms with Crippen LogP contribution in [0.3, 0.4) is 0 Å². The predicted octanol–water partition coefficient (Wildman–Crippen LogP) is 2.18. The molecule has 1 aromatic rings. The average molecular weight is 266 g/mol. The lowest BCUT2D eigenvalue weighted by molar-refractivity contribution is -0.655. The van der Waals surface area contributed by atoms with E-state index in [1.807, 2.05) is 6.07 Å². The van der Waals surface area contributed by atoms with Crippen LogP contribution in [-0.4, -0.2) is 33.4 Å². The van der Waals surface area contributed by atoms with E-state index in [0.29, 0.717) is 5.92 Å². The van der Waals surface area contributed by atoms with Crippen LogP contribution in [0.2, 0.25) is 0 Å². The highest BCUT2D eigenvalue weighted by atomic mass is 16.5. The Hall–Kier alpha value is -1.06.